The average Bonchev–Trinajstić information content (AvgIpc) is 2.57. The Balaban J connectivity index is 2.43. The van der Waals surface area contributed by atoms with Crippen LogP contribution in [0.4, 0.5) is 0 Å². The van der Waals surface area contributed by atoms with Crippen LogP contribution in [0.3, 0.4) is 0 Å². The number of aryl methyl sites for hydroxylation is 2. The molecule has 0 bridgehead atoms. The van der Waals surface area contributed by atoms with Crippen LogP contribution in [0.2, 0.25) is 0 Å². The summed E-state index contributed by atoms with van der Waals surface area (Å²) in [5.41, 5.74) is 0.749. The van der Waals surface area contributed by atoms with Gasteiger partial charge in [-0.05, 0) is 38.8 Å². The minimum Gasteiger partial charge on any atom is -0.355 e. The van der Waals surface area contributed by atoms with Crippen molar-refractivity contribution in [2.75, 3.05) is 13.1 Å². The summed E-state index contributed by atoms with van der Waals surface area (Å²) in [6, 6.07) is 1.20. The molecular weight excluding hydrogens is 284 g/mol. The summed E-state index contributed by atoms with van der Waals surface area (Å²) in [6.45, 7) is 6.21. The molecule has 0 spiro atoms. The van der Waals surface area contributed by atoms with E-state index in [1.807, 2.05) is 13.0 Å². The number of sulfonamides is 1. The molecule has 2 heterocycles. The van der Waals surface area contributed by atoms with Crippen LogP contribution in [0.5, 0.6) is 0 Å². The second-order valence-electron chi connectivity index (χ2n) is 4.76. The highest BCUT2D eigenvalue weighted by Crippen LogP contribution is 2.30. The number of hydrogen-bond acceptors (Lipinski definition) is 4. The summed E-state index contributed by atoms with van der Waals surface area (Å²) in [6.07, 6.45) is 0.638. The Kier molecular flexibility index (Phi) is 3.98. The lowest BCUT2D eigenvalue weighted by Gasteiger charge is -2.24. The Bertz CT molecular complexity index is 592. The first-order valence-corrected chi connectivity index (χ1v) is 8.46. The molecule has 1 saturated heterocycles. The number of hydrogen-bond donors (Lipinski definition) is 1. The minimum absolute atomic E-state index is 0.230. The molecule has 0 radical (unpaired) electrons. The summed E-state index contributed by atoms with van der Waals surface area (Å²) < 4.78 is 27.0. The highest BCUT2D eigenvalue weighted by atomic mass is 32.2. The van der Waals surface area contributed by atoms with Gasteiger partial charge in [0.15, 0.2) is 0 Å². The fourth-order valence-electron chi connectivity index (χ4n) is 2.23. The first kappa shape index (κ1) is 14.5. The third-order valence-electron chi connectivity index (χ3n) is 3.20. The summed E-state index contributed by atoms with van der Waals surface area (Å²) in [4.78, 5) is 12.7. The number of carbonyl (C=O) groups excluding carboxylic acids is 1. The van der Waals surface area contributed by atoms with Crippen LogP contribution in [0, 0.1) is 13.8 Å². The van der Waals surface area contributed by atoms with Crippen LogP contribution in [-0.2, 0) is 14.8 Å². The molecule has 1 aliphatic rings. The second-order valence-corrected chi connectivity index (χ2v) is 8.11. The fourth-order valence-corrected chi connectivity index (χ4v) is 5.64. The topological polar surface area (TPSA) is 66.5 Å². The van der Waals surface area contributed by atoms with Crippen LogP contribution >= 0.6 is 11.3 Å². The number of amides is 1. The molecule has 1 amide bonds. The van der Waals surface area contributed by atoms with Gasteiger partial charge in [-0.25, -0.2) is 8.42 Å². The molecule has 106 valence electrons. The minimum atomic E-state index is -3.59. The highest BCUT2D eigenvalue weighted by Gasteiger charge is 2.35. The Morgan fingerprint density at radius 3 is 2.68 bits per heavy atom. The molecule has 1 fully saturated rings. The number of thiophene rings is 1. The van der Waals surface area contributed by atoms with Crippen LogP contribution in [0.15, 0.2) is 10.3 Å². The summed E-state index contributed by atoms with van der Waals surface area (Å²) in [7, 11) is -3.59. The molecule has 0 aliphatic carbocycles. The number of nitrogens with one attached hydrogen (secondary N) is 1. The predicted octanol–water partition coefficient (Wildman–Crippen LogP) is 1.26. The van der Waals surface area contributed by atoms with Gasteiger partial charge in [0.2, 0.25) is 5.91 Å². The average molecular weight is 302 g/mol. The molecule has 1 aromatic heterocycles. The van der Waals surface area contributed by atoms with E-state index in [1.165, 1.54) is 15.6 Å². The smallest absolute Gasteiger partial charge is 0.253 e. The van der Waals surface area contributed by atoms with Gasteiger partial charge in [0, 0.05) is 18.0 Å². The lowest BCUT2D eigenvalue weighted by molar-refractivity contribution is -0.123. The zero-order valence-electron chi connectivity index (χ0n) is 11.3. The van der Waals surface area contributed by atoms with Crippen molar-refractivity contribution in [3.05, 3.63) is 16.5 Å². The third-order valence-corrected chi connectivity index (χ3v) is 6.94. The maximum absolute atomic E-state index is 12.7. The van der Waals surface area contributed by atoms with Crippen molar-refractivity contribution >= 4 is 27.3 Å². The van der Waals surface area contributed by atoms with Gasteiger partial charge in [-0.2, -0.15) is 4.31 Å². The van der Waals surface area contributed by atoms with E-state index in [9.17, 15) is 13.2 Å². The summed E-state index contributed by atoms with van der Waals surface area (Å²) in [5, 5.41) is 2.73. The molecule has 1 atom stereocenters. The Morgan fingerprint density at radius 2 is 2.11 bits per heavy atom. The first-order chi connectivity index (χ1) is 8.84. The van der Waals surface area contributed by atoms with E-state index < -0.39 is 16.1 Å². The Labute approximate surface area is 117 Å². The molecule has 0 aromatic carbocycles. The third kappa shape index (κ3) is 2.68. The molecule has 7 heteroatoms. The van der Waals surface area contributed by atoms with E-state index >= 15 is 0 Å². The Morgan fingerprint density at radius 1 is 1.42 bits per heavy atom. The molecular formula is C12H18N2O3S2. The molecule has 0 unspecified atom stereocenters. The van der Waals surface area contributed by atoms with Crippen molar-refractivity contribution in [2.24, 2.45) is 0 Å². The molecule has 0 saturated carbocycles. The first-order valence-electron chi connectivity index (χ1n) is 6.20. The summed E-state index contributed by atoms with van der Waals surface area (Å²) in [5.74, 6) is -0.230. The number of carbonyl (C=O) groups is 1. The van der Waals surface area contributed by atoms with E-state index in [-0.39, 0.29) is 5.91 Å². The molecule has 1 N–H and O–H groups in total. The number of nitrogens with zero attached hydrogens (tertiary/aromatic N) is 1. The molecule has 2 rings (SSSR count). The monoisotopic (exact) mass is 302 g/mol. The van der Waals surface area contributed by atoms with Gasteiger partial charge in [-0.15, -0.1) is 11.3 Å². The van der Waals surface area contributed by atoms with Gasteiger partial charge >= 0.3 is 0 Å². The van der Waals surface area contributed by atoms with Crippen molar-refractivity contribution in [2.45, 2.75) is 37.4 Å². The Hall–Kier alpha value is -0.920. The quantitative estimate of drug-likeness (QED) is 0.894. The van der Waals surface area contributed by atoms with E-state index in [4.69, 9.17) is 0 Å². The van der Waals surface area contributed by atoms with Crippen LogP contribution in [0.1, 0.15) is 23.8 Å². The van der Waals surface area contributed by atoms with E-state index in [1.54, 1.807) is 13.8 Å². The van der Waals surface area contributed by atoms with Crippen molar-refractivity contribution < 1.29 is 13.2 Å². The molecule has 5 nitrogen and oxygen atoms in total. The number of rotatable bonds is 2. The zero-order valence-corrected chi connectivity index (χ0v) is 12.9. The van der Waals surface area contributed by atoms with Gasteiger partial charge in [0.1, 0.15) is 10.3 Å². The lowest BCUT2D eigenvalue weighted by Crippen LogP contribution is -2.45. The van der Waals surface area contributed by atoms with E-state index in [0.717, 1.165) is 10.4 Å². The van der Waals surface area contributed by atoms with Crippen LogP contribution < -0.4 is 5.32 Å². The standard InChI is InChI=1S/C12H18N2O3S2/c1-8-7-9(2)18-12(8)19(16,17)14-6-4-5-13-11(15)10(14)3/h7,10H,4-6H2,1-3H3,(H,13,15)/t10-/m0/s1. The fraction of sp³-hybridized carbons (Fsp3) is 0.583. The molecule has 1 aliphatic heterocycles. The van der Waals surface area contributed by atoms with Crippen LogP contribution in [0.25, 0.3) is 0 Å². The van der Waals surface area contributed by atoms with E-state index in [0.29, 0.717) is 23.7 Å². The SMILES string of the molecule is Cc1cc(C)c(S(=O)(=O)N2CCCNC(=O)[C@@H]2C)s1. The second kappa shape index (κ2) is 5.22. The largest absolute Gasteiger partial charge is 0.355 e. The van der Waals surface area contributed by atoms with Crippen molar-refractivity contribution in [3.63, 3.8) is 0 Å². The van der Waals surface area contributed by atoms with Crippen molar-refractivity contribution in [1.82, 2.24) is 9.62 Å². The normalized spacial score (nSPS) is 22.1. The van der Waals surface area contributed by atoms with Crippen molar-refractivity contribution in [1.29, 1.82) is 0 Å². The van der Waals surface area contributed by atoms with Gasteiger partial charge < -0.3 is 5.32 Å². The molecule has 19 heavy (non-hydrogen) atoms. The van der Waals surface area contributed by atoms with Gasteiger partial charge in [0.05, 0.1) is 0 Å². The van der Waals surface area contributed by atoms with Gasteiger partial charge in [-0.3, -0.25) is 4.79 Å². The van der Waals surface area contributed by atoms with Gasteiger partial charge in [-0.1, -0.05) is 0 Å². The molecule has 1 aromatic rings. The zero-order chi connectivity index (χ0) is 14.2. The highest BCUT2D eigenvalue weighted by molar-refractivity contribution is 7.91. The maximum atomic E-state index is 12.7. The predicted molar refractivity (Wildman–Crippen MR) is 74.8 cm³/mol. The maximum Gasteiger partial charge on any atom is 0.253 e. The van der Waals surface area contributed by atoms with Crippen LogP contribution in [-0.4, -0.2) is 37.8 Å². The summed E-state index contributed by atoms with van der Waals surface area (Å²) >= 11 is 1.26. The lowest BCUT2D eigenvalue weighted by atomic mass is 10.3. The van der Waals surface area contributed by atoms with Gasteiger partial charge in [0.25, 0.3) is 10.0 Å². The van der Waals surface area contributed by atoms with E-state index in [2.05, 4.69) is 5.32 Å². The van der Waals surface area contributed by atoms with Crippen molar-refractivity contribution in [3.8, 4) is 0 Å².